The molecule has 0 bridgehead atoms. The average molecular weight is 544 g/mol. The van der Waals surface area contributed by atoms with Crippen molar-refractivity contribution >= 4 is 35.1 Å². The first kappa shape index (κ1) is 27.9. The number of anilines is 2. The maximum absolute atomic E-state index is 14.3. The van der Waals surface area contributed by atoms with Gasteiger partial charge in [-0.3, -0.25) is 9.69 Å². The van der Waals surface area contributed by atoms with Gasteiger partial charge >= 0.3 is 0 Å². The predicted octanol–water partition coefficient (Wildman–Crippen LogP) is 5.57. The Hall–Kier alpha value is -3.17. The molecule has 2 aromatic rings. The number of methoxy groups -OCH3 is 1. The Morgan fingerprint density at radius 2 is 1.97 bits per heavy atom. The van der Waals surface area contributed by atoms with Crippen LogP contribution in [-0.4, -0.2) is 52.6 Å². The third-order valence-corrected chi connectivity index (χ3v) is 7.48. The number of carbonyl (C=O) groups excluding carboxylic acids is 1. The number of allylic oxidation sites excluding steroid dienone is 1. The first-order chi connectivity index (χ1) is 18.4. The molecule has 1 aliphatic heterocycles. The number of hydrogen-bond donors (Lipinski definition) is 2. The molecule has 4 rings (SSSR count). The van der Waals surface area contributed by atoms with Crippen molar-refractivity contribution in [1.82, 2.24) is 14.9 Å². The summed E-state index contributed by atoms with van der Waals surface area (Å²) in [5.74, 6) is 0.800. The highest BCUT2D eigenvalue weighted by molar-refractivity contribution is 6.31. The van der Waals surface area contributed by atoms with Gasteiger partial charge < -0.3 is 20.5 Å². The zero-order valence-corrected chi connectivity index (χ0v) is 22.6. The molecule has 1 saturated heterocycles. The van der Waals surface area contributed by atoms with E-state index >= 15 is 0 Å². The minimum Gasteiger partial charge on any atom is -0.493 e. The summed E-state index contributed by atoms with van der Waals surface area (Å²) >= 11 is 5.88. The number of hydrogen-bond acceptors (Lipinski definition) is 7. The molecule has 0 spiro atoms. The fourth-order valence-electron chi connectivity index (χ4n) is 5.26. The van der Waals surface area contributed by atoms with E-state index in [0.717, 1.165) is 51.5 Å². The average Bonchev–Trinajstić information content (AvgIpc) is 2.93. The summed E-state index contributed by atoms with van der Waals surface area (Å²) in [4.78, 5) is 22.7. The third-order valence-electron chi connectivity index (χ3n) is 7.19. The van der Waals surface area contributed by atoms with Gasteiger partial charge in [0.25, 0.3) is 0 Å². The summed E-state index contributed by atoms with van der Waals surface area (Å²) in [5, 5.41) is 2.96. The lowest BCUT2D eigenvalue weighted by Gasteiger charge is -2.42. The van der Waals surface area contributed by atoms with Crippen molar-refractivity contribution in [2.45, 2.75) is 70.1 Å². The number of likely N-dealkylation sites (tertiary alicyclic amines) is 1. The molecule has 38 heavy (non-hydrogen) atoms. The lowest BCUT2D eigenvalue weighted by molar-refractivity contribution is -0.126. The molecule has 2 fully saturated rings. The fraction of sp³-hybridized carbons (Fsp3) is 0.464. The first-order valence-electron chi connectivity index (χ1n) is 13.1. The van der Waals surface area contributed by atoms with Gasteiger partial charge in [-0.25, -0.2) is 14.4 Å². The monoisotopic (exact) mass is 543 g/mol. The predicted molar refractivity (Wildman–Crippen MR) is 146 cm³/mol. The minimum absolute atomic E-state index is 0.0263. The molecule has 0 radical (unpaired) electrons. The number of carbonyl (C=O) groups is 1. The Balaban J connectivity index is 1.40. The van der Waals surface area contributed by atoms with Crippen molar-refractivity contribution in [2.24, 2.45) is 5.73 Å². The molecule has 2 aliphatic rings. The van der Waals surface area contributed by atoms with Gasteiger partial charge in [-0.2, -0.15) is 0 Å². The zero-order chi connectivity index (χ0) is 27.1. The van der Waals surface area contributed by atoms with Crippen LogP contribution in [0.5, 0.6) is 0 Å². The zero-order valence-electron chi connectivity index (χ0n) is 21.8. The summed E-state index contributed by atoms with van der Waals surface area (Å²) in [7, 11) is 1.58. The van der Waals surface area contributed by atoms with Gasteiger partial charge in [-0.15, -0.1) is 0 Å². The van der Waals surface area contributed by atoms with Gasteiger partial charge in [0.2, 0.25) is 5.91 Å². The van der Waals surface area contributed by atoms with E-state index in [4.69, 9.17) is 26.8 Å². The quantitative estimate of drug-likeness (QED) is 0.315. The maximum atomic E-state index is 14.3. The molecule has 3 N–H and O–H groups in total. The Morgan fingerprint density at radius 3 is 2.68 bits per heavy atom. The second-order valence-electron chi connectivity index (χ2n) is 9.62. The number of primary amides is 1. The number of amides is 1. The molecular formula is C28H35ClFN5O3. The van der Waals surface area contributed by atoms with E-state index < -0.39 is 5.82 Å². The van der Waals surface area contributed by atoms with Crippen LogP contribution in [0.4, 0.5) is 15.9 Å². The molecule has 1 saturated carbocycles. The second kappa shape index (κ2) is 13.1. The number of nitrogens with one attached hydrogen (secondary N) is 1. The topological polar surface area (TPSA) is 103 Å². The molecule has 2 heterocycles. The number of piperidine rings is 1. The van der Waals surface area contributed by atoms with Crippen LogP contribution in [0.2, 0.25) is 5.02 Å². The number of aromatic nitrogens is 2. The normalized spacial score (nSPS) is 23.1. The van der Waals surface area contributed by atoms with Crippen LogP contribution in [0.15, 0.2) is 48.2 Å². The lowest BCUT2D eigenvalue weighted by atomic mass is 9.88. The third kappa shape index (κ3) is 6.82. The molecule has 1 aromatic heterocycles. The van der Waals surface area contributed by atoms with Gasteiger partial charge in [-0.1, -0.05) is 24.1 Å². The first-order valence-corrected chi connectivity index (χ1v) is 13.4. The molecule has 8 nitrogen and oxygen atoms in total. The summed E-state index contributed by atoms with van der Waals surface area (Å²) in [6.45, 7) is 2.83. The molecule has 204 valence electrons. The minimum atomic E-state index is -0.549. The largest absolute Gasteiger partial charge is 0.493 e. The van der Waals surface area contributed by atoms with Crippen LogP contribution >= 0.6 is 11.6 Å². The van der Waals surface area contributed by atoms with Crippen LogP contribution in [0.25, 0.3) is 6.08 Å². The lowest BCUT2D eigenvalue weighted by Crippen LogP contribution is -2.53. The highest BCUT2D eigenvalue weighted by Crippen LogP contribution is 2.32. The van der Waals surface area contributed by atoms with Crippen molar-refractivity contribution in [1.29, 1.82) is 0 Å². The van der Waals surface area contributed by atoms with Crippen molar-refractivity contribution in [3.05, 3.63) is 64.7 Å². The van der Waals surface area contributed by atoms with E-state index in [1.54, 1.807) is 31.4 Å². The number of benzene rings is 1. The molecule has 1 amide bonds. The van der Waals surface area contributed by atoms with Crippen molar-refractivity contribution in [3.63, 3.8) is 0 Å². The number of halogens is 2. The number of nitrogens with two attached hydrogens (primary N) is 1. The van der Waals surface area contributed by atoms with Crippen molar-refractivity contribution < 1.29 is 18.7 Å². The van der Waals surface area contributed by atoms with Crippen LogP contribution in [0.1, 0.15) is 57.6 Å². The number of nitrogens with zero attached hydrogens (tertiary/aromatic N) is 3. The Bertz CT molecular complexity index is 1180. The molecule has 1 atom stereocenters. The standard InChI is InChI=1S/C28H35ClFN5O3/c1-3-24(38-20-12-10-19(11-13-20)35-14-5-4-9-23(35)28(31)36)25(37-2)15-18-16-26(33-17-32-18)34-22-8-6-7-21(29)27(22)30/h3,6-8,15-17,19-20,23H,4-5,9-14H2,1-2H3,(H2,31,36)(H,32,33,34)/b24-3+,25-15+/t19?,20?,23-/m1/s1. The molecule has 1 aromatic carbocycles. The van der Waals surface area contributed by atoms with Crippen molar-refractivity contribution in [2.75, 3.05) is 19.0 Å². The molecular weight excluding hydrogens is 509 g/mol. The number of ether oxygens (including phenoxy) is 2. The van der Waals surface area contributed by atoms with Gasteiger partial charge in [-0.05, 0) is 70.2 Å². The SMILES string of the molecule is C/C=C(OC1CCC(N2CCCC[C@@H]2C(N)=O)CC1)\C(=C/c1cc(Nc2cccc(Cl)c2F)ncn1)OC. The maximum Gasteiger partial charge on any atom is 0.234 e. The van der Waals surface area contributed by atoms with E-state index in [2.05, 4.69) is 20.2 Å². The van der Waals surface area contributed by atoms with Crippen LogP contribution < -0.4 is 11.1 Å². The van der Waals surface area contributed by atoms with Crippen LogP contribution in [0.3, 0.4) is 0 Å². The van der Waals surface area contributed by atoms with Crippen molar-refractivity contribution in [3.8, 4) is 0 Å². The molecule has 0 unspecified atom stereocenters. The van der Waals surface area contributed by atoms with E-state index in [9.17, 15) is 9.18 Å². The number of rotatable bonds is 9. The summed E-state index contributed by atoms with van der Waals surface area (Å²) in [6.07, 6.45) is 11.8. The summed E-state index contributed by atoms with van der Waals surface area (Å²) in [6, 6.07) is 6.62. The Labute approximate surface area is 228 Å². The van der Waals surface area contributed by atoms with E-state index in [1.807, 2.05) is 13.0 Å². The highest BCUT2D eigenvalue weighted by Gasteiger charge is 2.35. The van der Waals surface area contributed by atoms with Gasteiger partial charge in [0, 0.05) is 18.2 Å². The fourth-order valence-corrected chi connectivity index (χ4v) is 5.44. The Kier molecular flexibility index (Phi) is 9.58. The summed E-state index contributed by atoms with van der Waals surface area (Å²) in [5.41, 5.74) is 6.47. The van der Waals surface area contributed by atoms with Gasteiger partial charge in [0.05, 0.1) is 35.7 Å². The molecule has 1 aliphatic carbocycles. The van der Waals surface area contributed by atoms with Gasteiger partial charge in [0.1, 0.15) is 12.1 Å². The summed E-state index contributed by atoms with van der Waals surface area (Å²) < 4.78 is 26.3. The second-order valence-corrected chi connectivity index (χ2v) is 10.0. The highest BCUT2D eigenvalue weighted by atomic mass is 35.5. The van der Waals surface area contributed by atoms with E-state index in [1.165, 1.54) is 12.4 Å². The molecule has 10 heteroatoms. The van der Waals surface area contributed by atoms with Crippen LogP contribution in [0, 0.1) is 5.82 Å². The van der Waals surface area contributed by atoms with E-state index in [-0.39, 0.29) is 28.8 Å². The van der Waals surface area contributed by atoms with E-state index in [0.29, 0.717) is 29.1 Å². The van der Waals surface area contributed by atoms with Gasteiger partial charge in [0.15, 0.2) is 17.3 Å². The Morgan fingerprint density at radius 1 is 1.18 bits per heavy atom. The van der Waals surface area contributed by atoms with Crippen LogP contribution in [-0.2, 0) is 14.3 Å². The smallest absolute Gasteiger partial charge is 0.234 e.